The van der Waals surface area contributed by atoms with Crippen LogP contribution in [-0.2, 0) is 0 Å². The number of alkyl halides is 3. The molecule has 4 rings (SSSR count). The summed E-state index contributed by atoms with van der Waals surface area (Å²) in [5.74, 6) is -0.585. The van der Waals surface area contributed by atoms with E-state index >= 15 is 0 Å². The number of rotatable bonds is 4. The molecule has 1 aromatic heterocycles. The lowest BCUT2D eigenvalue weighted by Crippen LogP contribution is -2.25. The van der Waals surface area contributed by atoms with Gasteiger partial charge in [-0.2, -0.15) is 13.2 Å². The predicted octanol–water partition coefficient (Wildman–Crippen LogP) is 5.86. The van der Waals surface area contributed by atoms with Crippen LogP contribution in [0.5, 0.6) is 0 Å². The van der Waals surface area contributed by atoms with E-state index in [1.165, 1.54) is 18.6 Å². The van der Waals surface area contributed by atoms with Crippen LogP contribution in [0.3, 0.4) is 0 Å². The molecule has 0 bridgehead atoms. The van der Waals surface area contributed by atoms with Crippen molar-refractivity contribution >= 4 is 11.5 Å². The van der Waals surface area contributed by atoms with Gasteiger partial charge >= 0.3 is 6.18 Å². The van der Waals surface area contributed by atoms with E-state index in [1.54, 1.807) is 36.4 Å². The van der Waals surface area contributed by atoms with Gasteiger partial charge in [0.1, 0.15) is 0 Å². The quantitative estimate of drug-likeness (QED) is 0.685. The second-order valence-corrected chi connectivity index (χ2v) is 7.30. The third-order valence-corrected chi connectivity index (χ3v) is 5.26. The van der Waals surface area contributed by atoms with E-state index in [4.69, 9.17) is 4.42 Å². The smallest absolute Gasteiger partial charge is 0.416 e. The van der Waals surface area contributed by atoms with E-state index in [0.29, 0.717) is 35.1 Å². The summed E-state index contributed by atoms with van der Waals surface area (Å²) >= 11 is 0. The number of carbonyl (C=O) groups excluding carboxylic acids is 1. The lowest BCUT2D eigenvalue weighted by molar-refractivity contribution is -0.0898. The van der Waals surface area contributed by atoms with Gasteiger partial charge < -0.3 is 9.73 Å². The van der Waals surface area contributed by atoms with E-state index < -0.39 is 11.7 Å². The van der Waals surface area contributed by atoms with Gasteiger partial charge in [0.25, 0.3) is 5.91 Å². The normalized spacial score (nSPS) is 19.0. The summed E-state index contributed by atoms with van der Waals surface area (Å²) in [6.07, 6.45) is 6.02. The van der Waals surface area contributed by atoms with Crippen LogP contribution in [0, 0.1) is 5.92 Å². The van der Waals surface area contributed by atoms with Crippen molar-refractivity contribution in [2.24, 2.45) is 5.92 Å². The molecule has 1 N–H and O–H groups in total. The lowest BCUT2D eigenvalue weighted by Gasteiger charge is -2.21. The first-order valence-corrected chi connectivity index (χ1v) is 9.69. The fraction of sp³-hybridized carbons (Fsp3) is 0.208. The zero-order chi connectivity index (χ0) is 21.1. The van der Waals surface area contributed by atoms with Crippen LogP contribution in [-0.4, -0.2) is 18.6 Å². The van der Waals surface area contributed by atoms with Crippen molar-refractivity contribution in [3.8, 4) is 0 Å². The molecule has 2 aliphatic rings. The first-order valence-electron chi connectivity index (χ1n) is 9.69. The minimum absolute atomic E-state index is 0.181. The average molecular weight is 411 g/mol. The maximum Gasteiger partial charge on any atom is 0.416 e. The molecule has 1 unspecified atom stereocenters. The van der Waals surface area contributed by atoms with Crippen LogP contribution in [0.1, 0.15) is 28.8 Å². The molecule has 2 aliphatic carbocycles. The largest absolute Gasteiger partial charge is 0.472 e. The number of carbonyl (C=O) groups is 1. The summed E-state index contributed by atoms with van der Waals surface area (Å²) in [5.41, 5.74) is 1.92. The van der Waals surface area contributed by atoms with Gasteiger partial charge in [-0.05, 0) is 53.8 Å². The van der Waals surface area contributed by atoms with Crippen molar-refractivity contribution < 1.29 is 22.4 Å². The van der Waals surface area contributed by atoms with Gasteiger partial charge in [-0.15, -0.1) is 0 Å². The Morgan fingerprint density at radius 1 is 1.13 bits per heavy atom. The number of nitrogens with one attached hydrogen (secondary N) is 1. The van der Waals surface area contributed by atoms with Crippen molar-refractivity contribution in [2.75, 3.05) is 6.54 Å². The summed E-state index contributed by atoms with van der Waals surface area (Å²) in [6.45, 7) is 0.181. The Hall–Kier alpha value is -3.28. The highest BCUT2D eigenvalue weighted by atomic mass is 19.4. The number of allylic oxidation sites excluding steroid dienone is 6. The molecule has 30 heavy (non-hydrogen) atoms. The molecular formula is C24H20F3NO2. The van der Waals surface area contributed by atoms with Crippen molar-refractivity contribution in [3.05, 3.63) is 101 Å². The molecule has 3 nitrogen and oxygen atoms in total. The maximum absolute atomic E-state index is 13.9. The Kier molecular flexibility index (Phi) is 5.48. The third-order valence-electron chi connectivity index (χ3n) is 5.26. The van der Waals surface area contributed by atoms with Gasteiger partial charge in [-0.25, -0.2) is 0 Å². The molecule has 2 aromatic rings. The highest BCUT2D eigenvalue weighted by molar-refractivity contribution is 5.94. The number of hydrogen-bond acceptors (Lipinski definition) is 2. The first-order chi connectivity index (χ1) is 14.4. The molecule has 0 fully saturated rings. The molecule has 0 spiro atoms. The maximum atomic E-state index is 13.9. The number of amides is 1. The van der Waals surface area contributed by atoms with Crippen LogP contribution in [0.2, 0.25) is 0 Å². The summed E-state index contributed by atoms with van der Waals surface area (Å²) in [4.78, 5) is 12.3. The molecule has 1 heterocycles. The number of furan rings is 1. The molecule has 0 aliphatic heterocycles. The zero-order valence-electron chi connectivity index (χ0n) is 16.1. The second kappa shape index (κ2) is 8.22. The number of halogens is 3. The van der Waals surface area contributed by atoms with Gasteiger partial charge in [-0.3, -0.25) is 4.79 Å². The van der Waals surface area contributed by atoms with Crippen LogP contribution in [0.25, 0.3) is 5.57 Å². The Balaban J connectivity index is 1.58. The van der Waals surface area contributed by atoms with Crippen LogP contribution >= 0.6 is 0 Å². The van der Waals surface area contributed by atoms with Crippen molar-refractivity contribution in [2.45, 2.75) is 19.0 Å². The second-order valence-electron chi connectivity index (χ2n) is 7.30. The van der Waals surface area contributed by atoms with Crippen LogP contribution < -0.4 is 5.32 Å². The topological polar surface area (TPSA) is 42.2 Å². The third kappa shape index (κ3) is 4.32. The molecule has 0 saturated heterocycles. The molecule has 0 radical (unpaired) electrons. The first kappa shape index (κ1) is 20.0. The number of hydrogen-bond donors (Lipinski definition) is 1. The Labute approximate surface area is 172 Å². The van der Waals surface area contributed by atoms with Gasteiger partial charge in [0.2, 0.25) is 0 Å². The molecule has 6 heteroatoms. The highest BCUT2D eigenvalue weighted by Crippen LogP contribution is 2.43. The Bertz CT molecular complexity index is 1040. The Morgan fingerprint density at radius 3 is 2.63 bits per heavy atom. The molecular weight excluding hydrogens is 391 g/mol. The highest BCUT2D eigenvalue weighted by Gasteiger charge is 2.39. The molecule has 0 saturated carbocycles. The van der Waals surface area contributed by atoms with Crippen LogP contribution in [0.15, 0.2) is 94.4 Å². The van der Waals surface area contributed by atoms with E-state index in [-0.39, 0.29) is 23.9 Å². The van der Waals surface area contributed by atoms with Crippen molar-refractivity contribution in [3.63, 3.8) is 0 Å². The van der Waals surface area contributed by atoms with E-state index in [0.717, 1.165) is 0 Å². The van der Waals surface area contributed by atoms with E-state index in [9.17, 15) is 18.0 Å². The summed E-state index contributed by atoms with van der Waals surface area (Å²) in [5, 5.41) is 2.79. The van der Waals surface area contributed by atoms with Crippen molar-refractivity contribution in [1.82, 2.24) is 5.32 Å². The fourth-order valence-electron chi connectivity index (χ4n) is 3.79. The minimum Gasteiger partial charge on any atom is -0.472 e. The zero-order valence-corrected chi connectivity index (χ0v) is 16.1. The summed E-state index contributed by atoms with van der Waals surface area (Å²) in [6, 6.07) is 10.4. The van der Waals surface area contributed by atoms with Crippen LogP contribution in [0.4, 0.5) is 13.2 Å². The molecule has 1 amide bonds. The average Bonchev–Trinajstić information content (AvgIpc) is 3.37. The van der Waals surface area contributed by atoms with E-state index in [1.807, 2.05) is 18.2 Å². The molecule has 154 valence electrons. The predicted molar refractivity (Wildman–Crippen MR) is 108 cm³/mol. The monoisotopic (exact) mass is 411 g/mol. The fourth-order valence-corrected chi connectivity index (χ4v) is 3.79. The van der Waals surface area contributed by atoms with Gasteiger partial charge in [-0.1, -0.05) is 36.4 Å². The van der Waals surface area contributed by atoms with Gasteiger partial charge in [0.05, 0.1) is 18.1 Å². The van der Waals surface area contributed by atoms with E-state index in [2.05, 4.69) is 5.32 Å². The van der Waals surface area contributed by atoms with Gasteiger partial charge in [0.15, 0.2) is 0 Å². The number of benzene rings is 1. The SMILES string of the molecule is O=C(NCC1=CC2CCC=C(c3ccoc3)C=C(C(F)(F)F)C2=C1)c1ccccc1. The summed E-state index contributed by atoms with van der Waals surface area (Å²) < 4.78 is 46.8. The van der Waals surface area contributed by atoms with Gasteiger partial charge in [0, 0.05) is 23.6 Å². The summed E-state index contributed by atoms with van der Waals surface area (Å²) in [7, 11) is 0. The number of fused-ring (bicyclic) bond motifs is 1. The molecule has 1 aromatic carbocycles. The molecule has 1 atom stereocenters. The Morgan fingerprint density at radius 2 is 1.93 bits per heavy atom. The van der Waals surface area contributed by atoms with Crippen molar-refractivity contribution in [1.29, 1.82) is 0 Å². The minimum atomic E-state index is -4.49. The lowest BCUT2D eigenvalue weighted by atomic mass is 9.86. The standard InChI is InChI=1S/C24H20F3NO2/c25-24(26,27)22-13-18(20-9-10-30-15-20)7-4-8-19-11-16(12-21(19)22)14-28-23(29)17-5-2-1-3-6-17/h1-3,5-7,9-13,15,19H,4,8,14H2,(H,28,29).